The number of benzene rings is 1. The number of carbonyl (C=O) groups excluding carboxylic acids is 1. The van der Waals surface area contributed by atoms with Gasteiger partial charge in [-0.3, -0.25) is 4.98 Å². The maximum absolute atomic E-state index is 12.9. The quantitative estimate of drug-likeness (QED) is 0.904. The number of rotatable bonds is 4. The van der Waals surface area contributed by atoms with E-state index in [0.717, 1.165) is 24.6 Å². The minimum Gasteiger partial charge on any atom is -0.352 e. The van der Waals surface area contributed by atoms with Gasteiger partial charge in [0.2, 0.25) is 0 Å². The third kappa shape index (κ3) is 3.89. The molecule has 1 aliphatic heterocycles. The lowest BCUT2D eigenvalue weighted by atomic mass is 9.77. The molecule has 0 radical (unpaired) electrons. The van der Waals surface area contributed by atoms with Crippen molar-refractivity contribution in [3.63, 3.8) is 0 Å². The molecule has 4 rings (SSSR count). The van der Waals surface area contributed by atoms with Gasteiger partial charge in [0.15, 0.2) is 0 Å². The summed E-state index contributed by atoms with van der Waals surface area (Å²) < 4.78 is 0. The van der Waals surface area contributed by atoms with Gasteiger partial charge in [-0.25, -0.2) is 9.78 Å². The fourth-order valence-electron chi connectivity index (χ4n) is 3.96. The van der Waals surface area contributed by atoms with E-state index in [1.54, 1.807) is 12.4 Å². The first-order valence-corrected chi connectivity index (χ1v) is 9.85. The van der Waals surface area contributed by atoms with Crippen LogP contribution in [0.4, 0.5) is 10.6 Å². The van der Waals surface area contributed by atoms with Crippen LogP contribution in [0.15, 0.2) is 42.7 Å². The van der Waals surface area contributed by atoms with Gasteiger partial charge in [-0.15, -0.1) is 0 Å². The Morgan fingerprint density at radius 2 is 1.78 bits per heavy atom. The molecule has 1 aromatic carbocycles. The average Bonchev–Trinajstić information content (AvgIpc) is 2.67. The van der Waals surface area contributed by atoms with Crippen LogP contribution in [0.2, 0.25) is 0 Å². The summed E-state index contributed by atoms with van der Waals surface area (Å²) in [7, 11) is 0. The van der Waals surface area contributed by atoms with Gasteiger partial charge >= 0.3 is 6.03 Å². The van der Waals surface area contributed by atoms with Crippen molar-refractivity contribution in [3.05, 3.63) is 54.0 Å². The molecular weight excluding hydrogens is 338 g/mol. The molecule has 2 aliphatic rings. The van der Waals surface area contributed by atoms with Gasteiger partial charge in [-0.1, -0.05) is 36.8 Å². The molecule has 1 N–H and O–H groups in total. The van der Waals surface area contributed by atoms with Gasteiger partial charge in [0.1, 0.15) is 5.82 Å². The van der Waals surface area contributed by atoms with E-state index < -0.39 is 0 Å². The Hall–Kier alpha value is -2.63. The molecule has 142 valence electrons. The minimum absolute atomic E-state index is 0.0475. The number of anilines is 1. The van der Waals surface area contributed by atoms with E-state index in [9.17, 15) is 4.79 Å². The summed E-state index contributed by atoms with van der Waals surface area (Å²) in [5, 5.41) is 3.31. The van der Waals surface area contributed by atoms with Crippen molar-refractivity contribution in [1.82, 2.24) is 20.2 Å². The van der Waals surface area contributed by atoms with Crippen molar-refractivity contribution in [3.8, 4) is 0 Å². The Kier molecular flexibility index (Phi) is 5.23. The number of amides is 2. The Labute approximate surface area is 160 Å². The zero-order chi connectivity index (χ0) is 18.6. The average molecular weight is 365 g/mol. The number of hydrogen-bond donors (Lipinski definition) is 1. The van der Waals surface area contributed by atoms with Crippen molar-refractivity contribution in [1.29, 1.82) is 0 Å². The summed E-state index contributed by atoms with van der Waals surface area (Å²) in [4.78, 5) is 25.8. The van der Waals surface area contributed by atoms with Gasteiger partial charge in [0, 0.05) is 38.6 Å². The lowest BCUT2D eigenvalue weighted by molar-refractivity contribution is 0.172. The van der Waals surface area contributed by atoms with Crippen LogP contribution in [-0.4, -0.2) is 47.1 Å². The topological polar surface area (TPSA) is 61.4 Å². The number of urea groups is 1. The monoisotopic (exact) mass is 365 g/mol. The first kappa shape index (κ1) is 17.8. The SMILES string of the molecule is Cc1nccnc1N1CCN(C(=O)NC(c2ccccc2)C2CCC2)CC1. The van der Waals surface area contributed by atoms with Crippen LogP contribution >= 0.6 is 0 Å². The molecule has 1 aliphatic carbocycles. The van der Waals surface area contributed by atoms with E-state index in [1.165, 1.54) is 24.8 Å². The van der Waals surface area contributed by atoms with Crippen LogP contribution in [-0.2, 0) is 0 Å². The zero-order valence-electron chi connectivity index (χ0n) is 15.8. The first-order chi connectivity index (χ1) is 13.2. The van der Waals surface area contributed by atoms with E-state index in [2.05, 4.69) is 44.5 Å². The molecule has 1 saturated carbocycles. The Balaban J connectivity index is 1.38. The van der Waals surface area contributed by atoms with Gasteiger partial charge in [0.25, 0.3) is 0 Å². The Bertz CT molecular complexity index is 769. The summed E-state index contributed by atoms with van der Waals surface area (Å²) in [5.41, 5.74) is 2.15. The van der Waals surface area contributed by atoms with Crippen LogP contribution in [0.3, 0.4) is 0 Å². The fraction of sp³-hybridized carbons (Fsp3) is 0.476. The van der Waals surface area contributed by atoms with Crippen molar-refractivity contribution in [2.45, 2.75) is 32.2 Å². The van der Waals surface area contributed by atoms with E-state index >= 15 is 0 Å². The molecule has 2 heterocycles. The van der Waals surface area contributed by atoms with E-state index in [4.69, 9.17) is 0 Å². The van der Waals surface area contributed by atoms with Crippen LogP contribution in [0.5, 0.6) is 0 Å². The second-order valence-electron chi connectivity index (χ2n) is 7.47. The molecule has 6 nitrogen and oxygen atoms in total. The summed E-state index contributed by atoms with van der Waals surface area (Å²) in [5.74, 6) is 1.48. The highest BCUT2D eigenvalue weighted by Crippen LogP contribution is 2.37. The number of hydrogen-bond acceptors (Lipinski definition) is 4. The summed E-state index contributed by atoms with van der Waals surface area (Å²) >= 11 is 0. The fourth-order valence-corrected chi connectivity index (χ4v) is 3.96. The van der Waals surface area contributed by atoms with Gasteiger partial charge in [0.05, 0.1) is 11.7 Å². The molecule has 2 fully saturated rings. The van der Waals surface area contributed by atoms with Crippen molar-refractivity contribution in [2.24, 2.45) is 5.92 Å². The zero-order valence-corrected chi connectivity index (χ0v) is 15.8. The molecule has 27 heavy (non-hydrogen) atoms. The third-order valence-electron chi connectivity index (χ3n) is 5.78. The maximum Gasteiger partial charge on any atom is 0.318 e. The van der Waals surface area contributed by atoms with E-state index in [-0.39, 0.29) is 12.1 Å². The standard InChI is InChI=1S/C21H27N5O/c1-16-20(23-11-10-22-16)25-12-14-26(15-13-25)21(27)24-19(18-8-5-9-18)17-6-3-2-4-7-17/h2-4,6-7,10-11,18-19H,5,8-9,12-15H2,1H3,(H,24,27). The van der Waals surface area contributed by atoms with Crippen molar-refractivity contribution >= 4 is 11.8 Å². The van der Waals surface area contributed by atoms with Crippen LogP contribution in [0.25, 0.3) is 0 Å². The largest absolute Gasteiger partial charge is 0.352 e. The number of aryl methyl sites for hydroxylation is 1. The first-order valence-electron chi connectivity index (χ1n) is 9.85. The summed E-state index contributed by atoms with van der Waals surface area (Å²) in [6.07, 6.45) is 7.09. The predicted octanol–water partition coefficient (Wildman–Crippen LogP) is 3.16. The Morgan fingerprint density at radius 3 is 2.41 bits per heavy atom. The lowest BCUT2D eigenvalue weighted by Crippen LogP contribution is -2.53. The summed E-state index contributed by atoms with van der Waals surface area (Å²) in [6.45, 7) is 4.95. The van der Waals surface area contributed by atoms with Crippen LogP contribution in [0.1, 0.15) is 36.6 Å². The normalized spacial score (nSPS) is 18.7. The van der Waals surface area contributed by atoms with Crippen molar-refractivity contribution in [2.75, 3.05) is 31.1 Å². The molecule has 2 amide bonds. The molecule has 2 aromatic rings. The Morgan fingerprint density at radius 1 is 1.07 bits per heavy atom. The lowest BCUT2D eigenvalue weighted by Gasteiger charge is -2.39. The number of piperazine rings is 1. The molecule has 1 unspecified atom stereocenters. The van der Waals surface area contributed by atoms with Gasteiger partial charge < -0.3 is 15.1 Å². The number of nitrogens with zero attached hydrogens (tertiary/aromatic N) is 4. The highest BCUT2D eigenvalue weighted by Gasteiger charge is 2.31. The molecule has 0 spiro atoms. The second kappa shape index (κ2) is 7.94. The molecule has 1 saturated heterocycles. The van der Waals surface area contributed by atoms with Crippen LogP contribution in [0, 0.1) is 12.8 Å². The second-order valence-corrected chi connectivity index (χ2v) is 7.47. The molecule has 6 heteroatoms. The highest BCUT2D eigenvalue weighted by atomic mass is 16.2. The number of carbonyl (C=O) groups is 1. The minimum atomic E-state index is 0.0475. The molecule has 1 atom stereocenters. The molecule has 1 aromatic heterocycles. The number of aromatic nitrogens is 2. The highest BCUT2D eigenvalue weighted by molar-refractivity contribution is 5.75. The summed E-state index contributed by atoms with van der Waals surface area (Å²) in [6, 6.07) is 10.5. The molecular formula is C21H27N5O. The number of nitrogens with one attached hydrogen (secondary N) is 1. The third-order valence-corrected chi connectivity index (χ3v) is 5.78. The predicted molar refractivity (Wildman–Crippen MR) is 106 cm³/mol. The van der Waals surface area contributed by atoms with Gasteiger partial charge in [-0.2, -0.15) is 0 Å². The van der Waals surface area contributed by atoms with E-state index in [0.29, 0.717) is 19.0 Å². The molecule has 0 bridgehead atoms. The van der Waals surface area contributed by atoms with Crippen molar-refractivity contribution < 1.29 is 4.79 Å². The smallest absolute Gasteiger partial charge is 0.318 e. The van der Waals surface area contributed by atoms with Crippen LogP contribution < -0.4 is 10.2 Å². The maximum atomic E-state index is 12.9. The van der Waals surface area contributed by atoms with Gasteiger partial charge in [-0.05, 0) is 31.2 Å². The van der Waals surface area contributed by atoms with E-state index in [1.807, 2.05) is 17.9 Å².